The quantitative estimate of drug-likeness (QED) is 0.824. The summed E-state index contributed by atoms with van der Waals surface area (Å²) in [5, 5.41) is 8.93. The highest BCUT2D eigenvalue weighted by atomic mass is 16.4. The molecule has 2 aromatic heterocycles. The predicted molar refractivity (Wildman–Crippen MR) is 59.1 cm³/mol. The van der Waals surface area contributed by atoms with Gasteiger partial charge in [-0.1, -0.05) is 13.8 Å². The Labute approximate surface area is 92.5 Å². The molecule has 5 nitrogen and oxygen atoms in total. The van der Waals surface area contributed by atoms with Crippen LogP contribution in [0.5, 0.6) is 0 Å². The van der Waals surface area contributed by atoms with E-state index in [1.165, 1.54) is 0 Å². The van der Waals surface area contributed by atoms with Gasteiger partial charge in [0.1, 0.15) is 5.82 Å². The Balaban J connectivity index is 2.36. The standard InChI is InChI=1S/C11H13N3O2/c1-6(7(2)11(15)16)9-13-8-4-3-5-12-10(8)14-9/h3-7H,1-2H3,(H,15,16)(H,12,13,14). The number of nitrogens with zero attached hydrogens (tertiary/aromatic N) is 2. The van der Waals surface area contributed by atoms with Crippen LogP contribution in [0, 0.1) is 5.92 Å². The van der Waals surface area contributed by atoms with Crippen LogP contribution in [0.25, 0.3) is 11.2 Å². The molecule has 0 bridgehead atoms. The van der Waals surface area contributed by atoms with Crippen molar-refractivity contribution in [1.29, 1.82) is 0 Å². The van der Waals surface area contributed by atoms with E-state index in [0.717, 1.165) is 5.52 Å². The Morgan fingerprint density at radius 1 is 1.50 bits per heavy atom. The van der Waals surface area contributed by atoms with Crippen molar-refractivity contribution in [1.82, 2.24) is 15.0 Å². The van der Waals surface area contributed by atoms with E-state index in [-0.39, 0.29) is 5.92 Å². The molecule has 2 unspecified atom stereocenters. The highest BCUT2D eigenvalue weighted by Crippen LogP contribution is 2.23. The average molecular weight is 219 g/mol. The molecule has 0 saturated heterocycles. The van der Waals surface area contributed by atoms with Gasteiger partial charge in [-0.15, -0.1) is 0 Å². The van der Waals surface area contributed by atoms with Gasteiger partial charge in [-0.05, 0) is 12.1 Å². The van der Waals surface area contributed by atoms with E-state index in [4.69, 9.17) is 5.11 Å². The Kier molecular flexibility index (Phi) is 2.60. The number of pyridine rings is 1. The minimum Gasteiger partial charge on any atom is -0.481 e. The number of imidazole rings is 1. The zero-order valence-corrected chi connectivity index (χ0v) is 9.14. The van der Waals surface area contributed by atoms with Crippen LogP contribution in [0.2, 0.25) is 0 Å². The molecule has 0 fully saturated rings. The van der Waals surface area contributed by atoms with Crippen molar-refractivity contribution in [3.63, 3.8) is 0 Å². The van der Waals surface area contributed by atoms with Gasteiger partial charge >= 0.3 is 5.97 Å². The van der Waals surface area contributed by atoms with Crippen LogP contribution in [0.3, 0.4) is 0 Å². The van der Waals surface area contributed by atoms with Crippen LogP contribution >= 0.6 is 0 Å². The Morgan fingerprint density at radius 3 is 2.88 bits per heavy atom. The molecule has 2 rings (SSSR count). The Hall–Kier alpha value is -1.91. The van der Waals surface area contributed by atoms with Crippen LogP contribution in [-0.2, 0) is 4.79 Å². The van der Waals surface area contributed by atoms with Crippen LogP contribution in [0.1, 0.15) is 25.6 Å². The summed E-state index contributed by atoms with van der Waals surface area (Å²) in [6, 6.07) is 3.69. The first-order chi connectivity index (χ1) is 7.59. The summed E-state index contributed by atoms with van der Waals surface area (Å²) in [5.41, 5.74) is 1.46. The zero-order valence-electron chi connectivity index (χ0n) is 9.14. The van der Waals surface area contributed by atoms with Gasteiger partial charge in [0.15, 0.2) is 5.65 Å². The molecular weight excluding hydrogens is 206 g/mol. The maximum atomic E-state index is 10.9. The van der Waals surface area contributed by atoms with Gasteiger partial charge in [0.2, 0.25) is 0 Å². The maximum Gasteiger partial charge on any atom is 0.306 e. The molecule has 2 heterocycles. The van der Waals surface area contributed by atoms with Gasteiger partial charge in [0, 0.05) is 12.1 Å². The number of hydrogen-bond acceptors (Lipinski definition) is 3. The summed E-state index contributed by atoms with van der Waals surface area (Å²) in [6.45, 7) is 3.52. The largest absolute Gasteiger partial charge is 0.481 e. The number of fused-ring (bicyclic) bond motifs is 1. The molecule has 0 aromatic carbocycles. The molecule has 0 radical (unpaired) electrons. The molecule has 2 N–H and O–H groups in total. The van der Waals surface area contributed by atoms with Gasteiger partial charge in [-0.2, -0.15) is 0 Å². The number of hydrogen-bond donors (Lipinski definition) is 2. The number of carboxylic acids is 1. The van der Waals surface area contributed by atoms with E-state index < -0.39 is 11.9 Å². The van der Waals surface area contributed by atoms with Gasteiger partial charge < -0.3 is 10.1 Å². The molecule has 0 aliphatic rings. The number of nitrogens with one attached hydrogen (secondary N) is 1. The SMILES string of the molecule is CC(C(=O)O)C(C)c1nc2ncccc2[nH]1. The van der Waals surface area contributed by atoms with Crippen LogP contribution < -0.4 is 0 Å². The summed E-state index contributed by atoms with van der Waals surface area (Å²) in [5.74, 6) is -0.781. The molecule has 0 spiro atoms. The molecule has 0 aliphatic carbocycles. The Morgan fingerprint density at radius 2 is 2.25 bits per heavy atom. The van der Waals surface area contributed by atoms with Gasteiger partial charge in [-0.3, -0.25) is 4.79 Å². The Bertz CT molecular complexity index is 488. The summed E-state index contributed by atoms with van der Waals surface area (Å²) in [7, 11) is 0. The first kappa shape index (κ1) is 10.6. The third kappa shape index (κ3) is 1.76. The predicted octanol–water partition coefficient (Wildman–Crippen LogP) is 1.78. The first-order valence-electron chi connectivity index (χ1n) is 5.13. The van der Waals surface area contributed by atoms with E-state index in [1.807, 2.05) is 19.1 Å². The monoisotopic (exact) mass is 219 g/mol. The van der Waals surface area contributed by atoms with E-state index >= 15 is 0 Å². The van der Waals surface area contributed by atoms with Gasteiger partial charge in [0.05, 0.1) is 11.4 Å². The topological polar surface area (TPSA) is 78.9 Å². The third-order valence-electron chi connectivity index (χ3n) is 2.85. The van der Waals surface area contributed by atoms with Gasteiger partial charge in [0.25, 0.3) is 0 Å². The lowest BCUT2D eigenvalue weighted by atomic mass is 9.96. The average Bonchev–Trinajstić information content (AvgIpc) is 2.70. The zero-order chi connectivity index (χ0) is 11.7. The van der Waals surface area contributed by atoms with Crippen molar-refractivity contribution in [2.75, 3.05) is 0 Å². The van der Waals surface area contributed by atoms with Crippen LogP contribution in [-0.4, -0.2) is 26.0 Å². The van der Waals surface area contributed by atoms with Crippen molar-refractivity contribution in [2.24, 2.45) is 5.92 Å². The molecular formula is C11H13N3O2. The normalized spacial score (nSPS) is 14.9. The van der Waals surface area contributed by atoms with Crippen LogP contribution in [0.15, 0.2) is 18.3 Å². The lowest BCUT2D eigenvalue weighted by Crippen LogP contribution is -2.17. The maximum absolute atomic E-state index is 10.9. The lowest BCUT2D eigenvalue weighted by molar-refractivity contribution is -0.141. The second-order valence-electron chi connectivity index (χ2n) is 3.91. The minimum absolute atomic E-state index is 0.160. The van der Waals surface area contributed by atoms with Crippen molar-refractivity contribution in [2.45, 2.75) is 19.8 Å². The fraction of sp³-hybridized carbons (Fsp3) is 0.364. The fourth-order valence-corrected chi connectivity index (χ4v) is 1.53. The van der Waals surface area contributed by atoms with E-state index in [0.29, 0.717) is 11.5 Å². The van der Waals surface area contributed by atoms with Crippen molar-refractivity contribution in [3.8, 4) is 0 Å². The number of H-pyrrole nitrogens is 1. The first-order valence-corrected chi connectivity index (χ1v) is 5.13. The van der Waals surface area contributed by atoms with E-state index in [2.05, 4.69) is 15.0 Å². The molecule has 16 heavy (non-hydrogen) atoms. The van der Waals surface area contributed by atoms with Crippen LogP contribution in [0.4, 0.5) is 0 Å². The highest BCUT2D eigenvalue weighted by molar-refractivity contribution is 5.72. The molecule has 5 heteroatoms. The third-order valence-corrected chi connectivity index (χ3v) is 2.85. The number of aromatic amines is 1. The van der Waals surface area contributed by atoms with E-state index in [9.17, 15) is 4.79 Å². The second kappa shape index (κ2) is 3.92. The number of aromatic nitrogens is 3. The van der Waals surface area contributed by atoms with Crippen molar-refractivity contribution in [3.05, 3.63) is 24.2 Å². The fourth-order valence-electron chi connectivity index (χ4n) is 1.53. The second-order valence-corrected chi connectivity index (χ2v) is 3.91. The molecule has 2 aromatic rings. The lowest BCUT2D eigenvalue weighted by Gasteiger charge is -2.12. The summed E-state index contributed by atoms with van der Waals surface area (Å²) in [6.07, 6.45) is 1.66. The summed E-state index contributed by atoms with van der Waals surface area (Å²) in [4.78, 5) is 22.4. The van der Waals surface area contributed by atoms with Crippen molar-refractivity contribution < 1.29 is 9.90 Å². The van der Waals surface area contributed by atoms with Gasteiger partial charge in [-0.25, -0.2) is 9.97 Å². The summed E-state index contributed by atoms with van der Waals surface area (Å²) >= 11 is 0. The smallest absolute Gasteiger partial charge is 0.306 e. The minimum atomic E-state index is -0.819. The summed E-state index contributed by atoms with van der Waals surface area (Å²) < 4.78 is 0. The highest BCUT2D eigenvalue weighted by Gasteiger charge is 2.23. The molecule has 84 valence electrons. The number of aliphatic carboxylic acids is 1. The number of carbonyl (C=O) groups is 1. The number of rotatable bonds is 3. The molecule has 0 amide bonds. The molecule has 2 atom stereocenters. The number of carboxylic acid groups (broad SMARTS) is 1. The van der Waals surface area contributed by atoms with E-state index in [1.54, 1.807) is 13.1 Å². The molecule has 0 saturated carbocycles. The van der Waals surface area contributed by atoms with Crippen molar-refractivity contribution >= 4 is 17.1 Å². The molecule has 0 aliphatic heterocycles.